The zero-order valence-electron chi connectivity index (χ0n) is 12.5. The van der Waals surface area contributed by atoms with Crippen molar-refractivity contribution in [3.05, 3.63) is 11.8 Å². The van der Waals surface area contributed by atoms with Gasteiger partial charge in [-0.3, -0.25) is 9.69 Å². The molecule has 0 spiro atoms. The van der Waals surface area contributed by atoms with E-state index in [9.17, 15) is 4.79 Å². The predicted molar refractivity (Wildman–Crippen MR) is 84.6 cm³/mol. The average Bonchev–Trinajstić information content (AvgIpc) is 2.83. The second-order valence-electron chi connectivity index (χ2n) is 5.38. The van der Waals surface area contributed by atoms with Gasteiger partial charge in [-0.15, -0.1) is 12.4 Å². The molecule has 0 bridgehead atoms. The Balaban J connectivity index is 0.00000220. The lowest BCUT2D eigenvalue weighted by Crippen LogP contribution is -2.42. The maximum absolute atomic E-state index is 11.9. The number of anilines is 1. The molecule has 1 aromatic rings. The van der Waals surface area contributed by atoms with Gasteiger partial charge in [-0.05, 0) is 39.3 Å². The van der Waals surface area contributed by atoms with Crippen molar-refractivity contribution in [2.45, 2.75) is 45.1 Å². The summed E-state index contributed by atoms with van der Waals surface area (Å²) in [7, 11) is 0. The number of halogens is 1. The molecular weight excluding hydrogens is 292 g/mol. The standard InChI is InChI=1S/C14H24N4O2.ClH/c1-11-10-13(17-20-11)16-14(19)6-9-18-8-3-2-4-12(18)5-7-15;/h10,12H,2-9,15H2,1H3,(H,16,17,19);1H. The van der Waals surface area contributed by atoms with E-state index in [1.54, 1.807) is 13.0 Å². The van der Waals surface area contributed by atoms with Gasteiger partial charge in [0.1, 0.15) is 5.76 Å². The van der Waals surface area contributed by atoms with Crippen LogP contribution in [0.5, 0.6) is 0 Å². The van der Waals surface area contributed by atoms with Crippen LogP contribution in [0.25, 0.3) is 0 Å². The fourth-order valence-corrected chi connectivity index (χ4v) is 2.75. The number of rotatable bonds is 6. The topological polar surface area (TPSA) is 84.4 Å². The molecule has 1 fully saturated rings. The molecule has 120 valence electrons. The molecule has 2 heterocycles. The molecule has 1 aliphatic rings. The van der Waals surface area contributed by atoms with Gasteiger partial charge in [-0.25, -0.2) is 0 Å². The van der Waals surface area contributed by atoms with Gasteiger partial charge in [0.15, 0.2) is 5.82 Å². The van der Waals surface area contributed by atoms with Gasteiger partial charge in [0.05, 0.1) is 0 Å². The summed E-state index contributed by atoms with van der Waals surface area (Å²) < 4.78 is 4.92. The first-order valence-corrected chi connectivity index (χ1v) is 7.36. The first kappa shape index (κ1) is 17.9. The summed E-state index contributed by atoms with van der Waals surface area (Å²) in [5, 5.41) is 6.51. The lowest BCUT2D eigenvalue weighted by Gasteiger charge is -2.35. The Morgan fingerprint density at radius 2 is 2.38 bits per heavy atom. The smallest absolute Gasteiger partial charge is 0.226 e. The fraction of sp³-hybridized carbons (Fsp3) is 0.714. The van der Waals surface area contributed by atoms with E-state index in [2.05, 4.69) is 15.4 Å². The van der Waals surface area contributed by atoms with Crippen molar-refractivity contribution in [1.82, 2.24) is 10.1 Å². The molecule has 1 unspecified atom stereocenters. The Morgan fingerprint density at radius 1 is 1.57 bits per heavy atom. The molecule has 7 heteroatoms. The summed E-state index contributed by atoms with van der Waals surface area (Å²) >= 11 is 0. The molecule has 1 aromatic heterocycles. The molecule has 3 N–H and O–H groups in total. The number of carbonyl (C=O) groups is 1. The number of nitrogens with zero attached hydrogens (tertiary/aromatic N) is 2. The molecule has 0 aromatic carbocycles. The number of amides is 1. The minimum absolute atomic E-state index is 0. The van der Waals surface area contributed by atoms with Crippen molar-refractivity contribution in [3.8, 4) is 0 Å². The van der Waals surface area contributed by atoms with E-state index in [1.165, 1.54) is 19.3 Å². The lowest BCUT2D eigenvalue weighted by molar-refractivity contribution is -0.116. The van der Waals surface area contributed by atoms with Crippen molar-refractivity contribution >= 4 is 24.1 Å². The molecule has 6 nitrogen and oxygen atoms in total. The van der Waals surface area contributed by atoms with E-state index in [-0.39, 0.29) is 18.3 Å². The molecular formula is C14H25ClN4O2. The monoisotopic (exact) mass is 316 g/mol. The maximum Gasteiger partial charge on any atom is 0.226 e. The zero-order valence-corrected chi connectivity index (χ0v) is 13.3. The summed E-state index contributed by atoms with van der Waals surface area (Å²) in [6.45, 7) is 4.37. The van der Waals surface area contributed by atoms with Crippen LogP contribution in [-0.4, -0.2) is 41.6 Å². The lowest BCUT2D eigenvalue weighted by atomic mass is 9.99. The third-order valence-corrected chi connectivity index (χ3v) is 3.77. The third-order valence-electron chi connectivity index (χ3n) is 3.77. The number of hydrogen-bond donors (Lipinski definition) is 2. The molecule has 2 rings (SSSR count). The van der Waals surface area contributed by atoms with Crippen LogP contribution in [0.2, 0.25) is 0 Å². The Labute approximate surface area is 131 Å². The number of nitrogens with one attached hydrogen (secondary N) is 1. The third kappa shape index (κ3) is 5.65. The number of likely N-dealkylation sites (tertiary alicyclic amines) is 1. The molecule has 1 saturated heterocycles. The van der Waals surface area contributed by atoms with E-state index in [0.29, 0.717) is 30.6 Å². The average molecular weight is 317 g/mol. The SMILES string of the molecule is Cc1cc(NC(=O)CCN2CCCCC2CCN)no1.Cl. The first-order chi connectivity index (χ1) is 9.69. The molecule has 21 heavy (non-hydrogen) atoms. The fourth-order valence-electron chi connectivity index (χ4n) is 2.75. The van der Waals surface area contributed by atoms with Gasteiger partial charge in [-0.2, -0.15) is 0 Å². The summed E-state index contributed by atoms with van der Waals surface area (Å²) in [6.07, 6.45) is 5.18. The summed E-state index contributed by atoms with van der Waals surface area (Å²) in [6, 6.07) is 2.26. The highest BCUT2D eigenvalue weighted by Gasteiger charge is 2.22. The predicted octanol–water partition coefficient (Wildman–Crippen LogP) is 1.94. The maximum atomic E-state index is 11.9. The quantitative estimate of drug-likeness (QED) is 0.838. The van der Waals surface area contributed by atoms with Crippen LogP contribution in [0.1, 0.15) is 37.9 Å². The Hall–Kier alpha value is -1.11. The van der Waals surface area contributed by atoms with E-state index < -0.39 is 0 Å². The van der Waals surface area contributed by atoms with E-state index >= 15 is 0 Å². The van der Waals surface area contributed by atoms with Crippen molar-refractivity contribution in [3.63, 3.8) is 0 Å². The normalized spacial score (nSPS) is 19.0. The first-order valence-electron chi connectivity index (χ1n) is 7.36. The van der Waals surface area contributed by atoms with Crippen LogP contribution in [0, 0.1) is 6.92 Å². The van der Waals surface area contributed by atoms with Crippen molar-refractivity contribution < 1.29 is 9.32 Å². The van der Waals surface area contributed by atoms with Crippen molar-refractivity contribution in [2.75, 3.05) is 25.0 Å². The van der Waals surface area contributed by atoms with E-state index in [0.717, 1.165) is 19.5 Å². The van der Waals surface area contributed by atoms with Gasteiger partial charge < -0.3 is 15.6 Å². The minimum atomic E-state index is -0.0182. The largest absolute Gasteiger partial charge is 0.360 e. The Kier molecular flexibility index (Phi) is 7.71. The number of aromatic nitrogens is 1. The van der Waals surface area contributed by atoms with Gasteiger partial charge in [0.2, 0.25) is 5.91 Å². The van der Waals surface area contributed by atoms with Crippen LogP contribution in [0.15, 0.2) is 10.6 Å². The molecule has 1 atom stereocenters. The van der Waals surface area contributed by atoms with Gasteiger partial charge >= 0.3 is 0 Å². The minimum Gasteiger partial charge on any atom is -0.360 e. The summed E-state index contributed by atoms with van der Waals surface area (Å²) in [4.78, 5) is 14.3. The number of nitrogens with two attached hydrogens (primary N) is 1. The van der Waals surface area contributed by atoms with Gasteiger partial charge in [0.25, 0.3) is 0 Å². The zero-order chi connectivity index (χ0) is 14.4. The van der Waals surface area contributed by atoms with Gasteiger partial charge in [-0.1, -0.05) is 11.6 Å². The van der Waals surface area contributed by atoms with Crippen LogP contribution >= 0.6 is 12.4 Å². The summed E-state index contributed by atoms with van der Waals surface area (Å²) in [5.41, 5.74) is 5.66. The second-order valence-corrected chi connectivity index (χ2v) is 5.38. The number of carbonyl (C=O) groups excluding carboxylic acids is 1. The van der Waals surface area contributed by atoms with Crippen LogP contribution in [0.3, 0.4) is 0 Å². The van der Waals surface area contributed by atoms with Gasteiger partial charge in [0, 0.05) is 25.1 Å². The van der Waals surface area contributed by atoms with Crippen LogP contribution in [-0.2, 0) is 4.79 Å². The highest BCUT2D eigenvalue weighted by Crippen LogP contribution is 2.19. The van der Waals surface area contributed by atoms with Crippen LogP contribution < -0.4 is 11.1 Å². The Morgan fingerprint density at radius 3 is 3.05 bits per heavy atom. The molecule has 0 aliphatic carbocycles. The molecule has 1 aliphatic heterocycles. The molecule has 1 amide bonds. The number of hydrogen-bond acceptors (Lipinski definition) is 5. The highest BCUT2D eigenvalue weighted by atomic mass is 35.5. The van der Waals surface area contributed by atoms with Crippen molar-refractivity contribution in [2.24, 2.45) is 5.73 Å². The number of aryl methyl sites for hydroxylation is 1. The van der Waals surface area contributed by atoms with Crippen LogP contribution in [0.4, 0.5) is 5.82 Å². The Bertz CT molecular complexity index is 436. The number of piperidine rings is 1. The van der Waals surface area contributed by atoms with E-state index in [4.69, 9.17) is 10.3 Å². The second kappa shape index (κ2) is 9.02. The highest BCUT2D eigenvalue weighted by molar-refractivity contribution is 5.89. The summed E-state index contributed by atoms with van der Waals surface area (Å²) in [5.74, 6) is 1.17. The van der Waals surface area contributed by atoms with Crippen molar-refractivity contribution in [1.29, 1.82) is 0 Å². The molecule has 0 radical (unpaired) electrons. The van der Waals surface area contributed by atoms with E-state index in [1.807, 2.05) is 0 Å². The molecule has 0 saturated carbocycles.